The molecule has 1 amide bonds. The molecule has 1 atom stereocenters. The van der Waals surface area contributed by atoms with Crippen LogP contribution in [0.2, 0.25) is 10.0 Å². The molecule has 1 N–H and O–H groups in total. The highest BCUT2D eigenvalue weighted by atomic mass is 79.9. The number of carbonyl (C=O) groups is 1. The molecule has 0 saturated heterocycles. The van der Waals surface area contributed by atoms with Crippen molar-refractivity contribution >= 4 is 72.9 Å². The summed E-state index contributed by atoms with van der Waals surface area (Å²) in [5, 5.41) is 5.17. The smallest absolute Gasteiger partial charge is 0.237 e. The van der Waals surface area contributed by atoms with Gasteiger partial charge in [-0.25, -0.2) is 0 Å². The standard InChI is InChI=1S/C13H10BrCl2NO2S2/c14-11-4-8(5-20-11)6-21(19)7-12(18)17-10-3-1-2-9(15)13(10)16/h1-5H,6-7H2,(H,17,18)/t21-/m1/s1. The lowest BCUT2D eigenvalue weighted by Gasteiger charge is -2.07. The number of hydrogen-bond donors (Lipinski definition) is 1. The molecule has 2 aromatic rings. The van der Waals surface area contributed by atoms with Crippen LogP contribution in [0.15, 0.2) is 33.4 Å². The lowest BCUT2D eigenvalue weighted by molar-refractivity contribution is -0.113. The number of thiophene rings is 1. The second kappa shape index (κ2) is 7.74. The van der Waals surface area contributed by atoms with Gasteiger partial charge in [0.2, 0.25) is 5.91 Å². The minimum Gasteiger partial charge on any atom is -0.324 e. The Morgan fingerprint density at radius 1 is 1.38 bits per heavy atom. The van der Waals surface area contributed by atoms with E-state index in [9.17, 15) is 9.00 Å². The van der Waals surface area contributed by atoms with E-state index in [4.69, 9.17) is 23.2 Å². The van der Waals surface area contributed by atoms with Crippen molar-refractivity contribution in [1.29, 1.82) is 0 Å². The Labute approximate surface area is 147 Å². The lowest BCUT2D eigenvalue weighted by atomic mass is 10.3. The Bertz CT molecular complexity index is 691. The van der Waals surface area contributed by atoms with Gasteiger partial charge in [-0.2, -0.15) is 0 Å². The Hall–Kier alpha value is -0.400. The Balaban J connectivity index is 1.92. The molecule has 3 nitrogen and oxygen atoms in total. The van der Waals surface area contributed by atoms with E-state index in [1.807, 2.05) is 11.4 Å². The number of benzene rings is 1. The molecule has 1 heterocycles. The summed E-state index contributed by atoms with van der Waals surface area (Å²) >= 11 is 16.7. The zero-order valence-corrected chi connectivity index (χ0v) is 15.3. The molecule has 112 valence electrons. The molecule has 0 aliphatic rings. The van der Waals surface area contributed by atoms with Gasteiger partial charge in [0.15, 0.2) is 0 Å². The number of anilines is 1. The SMILES string of the molecule is O=C(C[S@](=O)Cc1csc(Br)c1)Nc1cccc(Cl)c1Cl. The van der Waals surface area contributed by atoms with Crippen LogP contribution in [-0.4, -0.2) is 15.9 Å². The summed E-state index contributed by atoms with van der Waals surface area (Å²) in [5.41, 5.74) is 1.36. The summed E-state index contributed by atoms with van der Waals surface area (Å²) in [4.78, 5) is 11.9. The van der Waals surface area contributed by atoms with E-state index in [2.05, 4.69) is 21.2 Å². The highest BCUT2D eigenvalue weighted by Crippen LogP contribution is 2.29. The number of halogens is 3. The van der Waals surface area contributed by atoms with E-state index >= 15 is 0 Å². The molecular formula is C13H10BrCl2NO2S2. The van der Waals surface area contributed by atoms with Gasteiger partial charge in [0.25, 0.3) is 0 Å². The van der Waals surface area contributed by atoms with Crippen LogP contribution in [-0.2, 0) is 21.3 Å². The molecule has 0 aliphatic heterocycles. The number of rotatable bonds is 5. The van der Waals surface area contributed by atoms with Gasteiger partial charge < -0.3 is 5.32 Å². The predicted molar refractivity (Wildman–Crippen MR) is 93.8 cm³/mol. The van der Waals surface area contributed by atoms with E-state index in [0.717, 1.165) is 9.35 Å². The van der Waals surface area contributed by atoms with E-state index in [1.54, 1.807) is 18.2 Å². The van der Waals surface area contributed by atoms with Gasteiger partial charge in [-0.15, -0.1) is 11.3 Å². The summed E-state index contributed by atoms with van der Waals surface area (Å²) in [6, 6.07) is 6.86. The molecule has 0 radical (unpaired) electrons. The van der Waals surface area contributed by atoms with Gasteiger partial charge in [-0.1, -0.05) is 29.3 Å². The molecule has 0 aliphatic carbocycles. The normalized spacial score (nSPS) is 12.1. The van der Waals surface area contributed by atoms with Crippen LogP contribution < -0.4 is 5.32 Å². The topological polar surface area (TPSA) is 46.2 Å². The molecule has 1 aromatic carbocycles. The van der Waals surface area contributed by atoms with Crippen LogP contribution in [0, 0.1) is 0 Å². The average molecular weight is 427 g/mol. The number of nitrogens with one attached hydrogen (secondary N) is 1. The zero-order valence-electron chi connectivity index (χ0n) is 10.6. The van der Waals surface area contributed by atoms with E-state index in [0.29, 0.717) is 16.5 Å². The molecular weight excluding hydrogens is 417 g/mol. The second-order valence-electron chi connectivity index (χ2n) is 4.14. The quantitative estimate of drug-likeness (QED) is 0.752. The lowest BCUT2D eigenvalue weighted by Crippen LogP contribution is -2.20. The molecule has 0 bridgehead atoms. The molecule has 0 spiro atoms. The molecule has 8 heteroatoms. The van der Waals surface area contributed by atoms with Crippen molar-refractivity contribution in [3.05, 3.63) is 49.0 Å². The summed E-state index contributed by atoms with van der Waals surface area (Å²) in [6.45, 7) is 0. The van der Waals surface area contributed by atoms with Crippen LogP contribution in [0.3, 0.4) is 0 Å². The second-order valence-corrected chi connectivity index (χ2v) is 8.67. The fourth-order valence-electron chi connectivity index (χ4n) is 1.59. The number of carbonyl (C=O) groups excluding carboxylic acids is 1. The first kappa shape index (κ1) is 17.0. The van der Waals surface area contributed by atoms with E-state index < -0.39 is 10.8 Å². The maximum Gasteiger partial charge on any atom is 0.237 e. The van der Waals surface area contributed by atoms with Gasteiger partial charge in [-0.3, -0.25) is 9.00 Å². The number of hydrogen-bond acceptors (Lipinski definition) is 3. The summed E-state index contributed by atoms with van der Waals surface area (Å²) in [5.74, 6) is -0.0958. The third-order valence-corrected chi connectivity index (χ3v) is 6.08. The van der Waals surface area contributed by atoms with Gasteiger partial charge >= 0.3 is 0 Å². The Morgan fingerprint density at radius 3 is 2.81 bits per heavy atom. The van der Waals surface area contributed by atoms with Crippen molar-refractivity contribution in [1.82, 2.24) is 0 Å². The third-order valence-electron chi connectivity index (χ3n) is 2.47. The van der Waals surface area contributed by atoms with Crippen LogP contribution >= 0.6 is 50.5 Å². The molecule has 1 aromatic heterocycles. The molecule has 0 fully saturated rings. The summed E-state index contributed by atoms with van der Waals surface area (Å²) in [6.07, 6.45) is 0. The average Bonchev–Trinajstić information content (AvgIpc) is 2.80. The van der Waals surface area contributed by atoms with Crippen molar-refractivity contribution in [3.8, 4) is 0 Å². The maximum atomic E-state index is 12.0. The minimum atomic E-state index is -1.28. The van der Waals surface area contributed by atoms with E-state index in [-0.39, 0.29) is 16.7 Å². The third kappa shape index (κ3) is 5.07. The predicted octanol–water partition coefficient (Wildman–Crippen LogP) is 4.70. The Morgan fingerprint density at radius 2 is 2.14 bits per heavy atom. The number of amides is 1. The van der Waals surface area contributed by atoms with Crippen molar-refractivity contribution in [3.63, 3.8) is 0 Å². The highest BCUT2D eigenvalue weighted by molar-refractivity contribution is 9.11. The van der Waals surface area contributed by atoms with Crippen molar-refractivity contribution in [2.24, 2.45) is 0 Å². The first-order valence-corrected chi connectivity index (χ1v) is 9.69. The first-order chi connectivity index (χ1) is 9.95. The minimum absolute atomic E-state index is 0.0870. The van der Waals surface area contributed by atoms with Crippen LogP contribution in [0.4, 0.5) is 5.69 Å². The fourth-order valence-corrected chi connectivity index (χ4v) is 4.26. The van der Waals surface area contributed by atoms with Crippen molar-refractivity contribution in [2.75, 3.05) is 11.1 Å². The maximum absolute atomic E-state index is 12.0. The highest BCUT2D eigenvalue weighted by Gasteiger charge is 2.12. The van der Waals surface area contributed by atoms with Gasteiger partial charge in [0.1, 0.15) is 5.75 Å². The largest absolute Gasteiger partial charge is 0.324 e. The van der Waals surface area contributed by atoms with Crippen molar-refractivity contribution < 1.29 is 9.00 Å². The van der Waals surface area contributed by atoms with Crippen molar-refractivity contribution in [2.45, 2.75) is 5.75 Å². The Kier molecular flexibility index (Phi) is 6.25. The molecule has 21 heavy (non-hydrogen) atoms. The molecule has 0 unspecified atom stereocenters. The molecule has 0 saturated carbocycles. The summed E-state index contributed by atoms with van der Waals surface area (Å²) < 4.78 is 12.9. The van der Waals surface area contributed by atoms with Gasteiger partial charge in [-0.05, 0) is 45.1 Å². The van der Waals surface area contributed by atoms with Crippen LogP contribution in [0.5, 0.6) is 0 Å². The van der Waals surface area contributed by atoms with Crippen LogP contribution in [0.25, 0.3) is 0 Å². The molecule has 2 rings (SSSR count). The van der Waals surface area contributed by atoms with E-state index in [1.165, 1.54) is 11.3 Å². The zero-order chi connectivity index (χ0) is 15.4. The fraction of sp³-hybridized carbons (Fsp3) is 0.154. The van der Waals surface area contributed by atoms with Crippen LogP contribution in [0.1, 0.15) is 5.56 Å². The first-order valence-electron chi connectivity index (χ1n) is 5.77. The monoisotopic (exact) mass is 425 g/mol. The van der Waals surface area contributed by atoms with Gasteiger partial charge in [0, 0.05) is 16.6 Å². The van der Waals surface area contributed by atoms with Gasteiger partial charge in [0.05, 0.1) is 19.5 Å². The summed E-state index contributed by atoms with van der Waals surface area (Å²) in [7, 11) is -1.28.